The number of benzene rings is 2. The van der Waals surface area contributed by atoms with E-state index in [4.69, 9.17) is 0 Å². The predicted octanol–water partition coefficient (Wildman–Crippen LogP) is 5.23. The summed E-state index contributed by atoms with van der Waals surface area (Å²) >= 11 is 0. The van der Waals surface area contributed by atoms with Gasteiger partial charge >= 0.3 is 0 Å². The topological polar surface area (TPSA) is 15.6 Å². The summed E-state index contributed by atoms with van der Waals surface area (Å²) in [7, 11) is 0. The second kappa shape index (κ2) is 5.03. The fourth-order valence-electron chi connectivity index (χ4n) is 2.71. The lowest BCUT2D eigenvalue weighted by Gasteiger charge is -2.30. The van der Waals surface area contributed by atoms with E-state index in [-0.39, 0.29) is 5.41 Å². The lowest BCUT2D eigenvalue weighted by molar-refractivity contribution is 0.590. The van der Waals surface area contributed by atoms with Crippen molar-refractivity contribution in [3.05, 3.63) is 54.1 Å². The Morgan fingerprint density at radius 3 is 2.29 bits per heavy atom. The molecule has 108 valence electrons. The molecule has 0 radical (unpaired) electrons. The highest BCUT2D eigenvalue weighted by molar-refractivity contribution is 5.96. The first-order chi connectivity index (χ1) is 9.95. The molecule has 0 aliphatic carbocycles. The smallest absolute Gasteiger partial charge is 0.0866 e. The van der Waals surface area contributed by atoms with Crippen molar-refractivity contribution in [1.29, 1.82) is 0 Å². The average Bonchev–Trinajstić information content (AvgIpc) is 2.45. The summed E-state index contributed by atoms with van der Waals surface area (Å²) in [6, 6.07) is 17.2. The molecule has 0 saturated carbocycles. The van der Waals surface area contributed by atoms with Gasteiger partial charge in [-0.25, -0.2) is 0 Å². The van der Waals surface area contributed by atoms with E-state index in [1.54, 1.807) is 0 Å². The zero-order valence-corrected chi connectivity index (χ0v) is 13.2. The molecule has 21 heavy (non-hydrogen) atoms. The van der Waals surface area contributed by atoms with E-state index in [0.717, 1.165) is 17.9 Å². The Hall–Kier alpha value is -2.09. The summed E-state index contributed by atoms with van der Waals surface area (Å²) in [5.41, 5.74) is 6.17. The molecule has 0 saturated heterocycles. The van der Waals surface area contributed by atoms with Crippen molar-refractivity contribution < 1.29 is 0 Å². The van der Waals surface area contributed by atoms with Crippen molar-refractivity contribution in [1.82, 2.24) is 0 Å². The molecule has 0 amide bonds. The molecule has 2 aromatic rings. The third-order valence-electron chi connectivity index (χ3n) is 3.92. The summed E-state index contributed by atoms with van der Waals surface area (Å²) < 4.78 is 0. The van der Waals surface area contributed by atoms with Crippen molar-refractivity contribution >= 4 is 22.8 Å². The molecule has 0 fully saturated rings. The molecule has 0 aromatic heterocycles. The number of fused-ring (bicyclic) bond motifs is 1. The first kappa shape index (κ1) is 13.9. The van der Waals surface area contributed by atoms with Crippen LogP contribution in [0.1, 0.15) is 33.3 Å². The molecule has 1 aliphatic heterocycles. The minimum atomic E-state index is 0.190. The number of rotatable bonds is 1. The maximum Gasteiger partial charge on any atom is 0.0866 e. The van der Waals surface area contributed by atoms with E-state index in [2.05, 4.69) is 80.1 Å². The fourth-order valence-corrected chi connectivity index (χ4v) is 2.71. The lowest BCUT2D eigenvalue weighted by Crippen LogP contribution is -2.26. The van der Waals surface area contributed by atoms with Crippen LogP contribution in [0.15, 0.2) is 53.5 Å². The molecule has 2 aromatic carbocycles. The Balaban J connectivity index is 2.00. The van der Waals surface area contributed by atoms with Crippen molar-refractivity contribution in [2.75, 3.05) is 11.4 Å². The summed E-state index contributed by atoms with van der Waals surface area (Å²) in [6.45, 7) is 9.68. The predicted molar refractivity (Wildman–Crippen MR) is 91.4 cm³/mol. The van der Waals surface area contributed by atoms with E-state index < -0.39 is 0 Å². The fraction of sp³-hybridized carbons (Fsp3) is 0.316. The van der Waals surface area contributed by atoms with Crippen LogP contribution in [-0.4, -0.2) is 12.3 Å². The van der Waals surface area contributed by atoms with E-state index >= 15 is 0 Å². The van der Waals surface area contributed by atoms with E-state index in [1.807, 2.05) is 6.07 Å². The van der Waals surface area contributed by atoms with Crippen molar-refractivity contribution in [2.45, 2.75) is 33.1 Å². The molecule has 2 heteroatoms. The Morgan fingerprint density at radius 2 is 1.62 bits per heavy atom. The number of aliphatic imine (C=N–C) groups is 1. The molecule has 3 rings (SSSR count). The molecule has 1 heterocycles. The molecule has 0 atom stereocenters. The van der Waals surface area contributed by atoms with Gasteiger partial charge in [0.1, 0.15) is 0 Å². The van der Waals surface area contributed by atoms with Gasteiger partial charge in [-0.05, 0) is 42.2 Å². The average molecular weight is 278 g/mol. The molecular formula is C19H22N2. The molecule has 0 bridgehead atoms. The van der Waals surface area contributed by atoms with Crippen LogP contribution in [-0.2, 0) is 5.41 Å². The molecular weight excluding hydrogens is 256 g/mol. The van der Waals surface area contributed by atoms with Crippen molar-refractivity contribution in [3.63, 3.8) is 0 Å². The monoisotopic (exact) mass is 278 g/mol. The quantitative estimate of drug-likeness (QED) is 0.697. The highest BCUT2D eigenvalue weighted by atomic mass is 15.2. The van der Waals surface area contributed by atoms with Crippen molar-refractivity contribution in [2.24, 2.45) is 4.99 Å². The van der Waals surface area contributed by atoms with Gasteiger partial charge in [-0.15, -0.1) is 0 Å². The van der Waals surface area contributed by atoms with E-state index in [1.165, 1.54) is 16.9 Å². The molecule has 0 spiro atoms. The van der Waals surface area contributed by atoms with Gasteiger partial charge in [0, 0.05) is 11.4 Å². The Kier molecular flexibility index (Phi) is 3.32. The second-order valence-electron chi connectivity index (χ2n) is 6.72. The van der Waals surface area contributed by atoms with E-state index in [0.29, 0.717) is 0 Å². The minimum absolute atomic E-state index is 0.190. The highest BCUT2D eigenvalue weighted by Crippen LogP contribution is 2.37. The molecule has 1 aliphatic rings. The SMILES string of the molecule is CC1=Nc2ccccc2N(c2ccc(C(C)(C)C)cc2)C1. The normalized spacial score (nSPS) is 14.7. The number of hydrogen-bond donors (Lipinski definition) is 0. The summed E-state index contributed by atoms with van der Waals surface area (Å²) in [4.78, 5) is 6.99. The van der Waals surface area contributed by atoms with Crippen LogP contribution in [0.25, 0.3) is 0 Å². The molecule has 2 nitrogen and oxygen atoms in total. The first-order valence-electron chi connectivity index (χ1n) is 7.46. The van der Waals surface area contributed by atoms with Crippen LogP contribution < -0.4 is 4.90 Å². The first-order valence-corrected chi connectivity index (χ1v) is 7.46. The summed E-state index contributed by atoms with van der Waals surface area (Å²) in [5.74, 6) is 0. The van der Waals surface area contributed by atoms with Gasteiger partial charge in [-0.3, -0.25) is 4.99 Å². The van der Waals surface area contributed by atoms with Crippen molar-refractivity contribution in [3.8, 4) is 0 Å². The minimum Gasteiger partial charge on any atom is -0.334 e. The van der Waals surface area contributed by atoms with Crippen LogP contribution in [0, 0.1) is 0 Å². The van der Waals surface area contributed by atoms with Gasteiger partial charge in [0.2, 0.25) is 0 Å². The van der Waals surface area contributed by atoms with Gasteiger partial charge in [0.25, 0.3) is 0 Å². The van der Waals surface area contributed by atoms with Crippen LogP contribution in [0.4, 0.5) is 17.1 Å². The third kappa shape index (κ3) is 2.71. The summed E-state index contributed by atoms with van der Waals surface area (Å²) in [5, 5.41) is 0. The largest absolute Gasteiger partial charge is 0.334 e. The zero-order chi connectivity index (χ0) is 15.0. The molecule has 0 unspecified atom stereocenters. The zero-order valence-electron chi connectivity index (χ0n) is 13.2. The maximum absolute atomic E-state index is 4.65. The van der Waals surface area contributed by atoms with Gasteiger partial charge in [0.15, 0.2) is 0 Å². The number of nitrogens with zero attached hydrogens (tertiary/aromatic N) is 2. The number of hydrogen-bond acceptors (Lipinski definition) is 2. The van der Waals surface area contributed by atoms with Gasteiger partial charge in [0.05, 0.1) is 17.9 Å². The van der Waals surface area contributed by atoms with Gasteiger partial charge in [-0.1, -0.05) is 45.0 Å². The second-order valence-corrected chi connectivity index (χ2v) is 6.72. The maximum atomic E-state index is 4.65. The van der Waals surface area contributed by atoms with Crippen LogP contribution in [0.3, 0.4) is 0 Å². The van der Waals surface area contributed by atoms with Gasteiger partial charge < -0.3 is 4.90 Å². The Labute approximate surface area is 127 Å². The Morgan fingerprint density at radius 1 is 0.952 bits per heavy atom. The van der Waals surface area contributed by atoms with Crippen LogP contribution >= 0.6 is 0 Å². The number of para-hydroxylation sites is 2. The third-order valence-corrected chi connectivity index (χ3v) is 3.92. The standard InChI is InChI=1S/C19H22N2/c1-14-13-21(18-8-6-5-7-17(18)20-14)16-11-9-15(10-12-16)19(2,3)4/h5-12H,13H2,1-4H3. The Bertz CT molecular complexity index is 675. The van der Waals surface area contributed by atoms with Crippen LogP contribution in [0.2, 0.25) is 0 Å². The highest BCUT2D eigenvalue weighted by Gasteiger charge is 2.19. The van der Waals surface area contributed by atoms with E-state index in [9.17, 15) is 0 Å². The number of anilines is 2. The molecule has 0 N–H and O–H groups in total. The van der Waals surface area contributed by atoms with Crippen LogP contribution in [0.5, 0.6) is 0 Å². The summed E-state index contributed by atoms with van der Waals surface area (Å²) in [6.07, 6.45) is 0. The van der Waals surface area contributed by atoms with Gasteiger partial charge in [-0.2, -0.15) is 0 Å². The lowest BCUT2D eigenvalue weighted by atomic mass is 9.87.